The number of hydrazine groups is 1. The first-order valence-electron chi connectivity index (χ1n) is 6.49. The van der Waals surface area contributed by atoms with Gasteiger partial charge in [-0.05, 0) is 18.3 Å². The molecular formula is C12H18F3N5. The third-order valence-electron chi connectivity index (χ3n) is 3.79. The van der Waals surface area contributed by atoms with Crippen molar-refractivity contribution in [2.24, 2.45) is 17.7 Å². The number of piperidine rings is 1. The molecule has 1 aliphatic heterocycles. The number of aromatic nitrogens is 2. The Kier molecular flexibility index (Phi) is 4.03. The van der Waals surface area contributed by atoms with Gasteiger partial charge in [0.25, 0.3) is 0 Å². The van der Waals surface area contributed by atoms with Crippen molar-refractivity contribution < 1.29 is 13.2 Å². The summed E-state index contributed by atoms with van der Waals surface area (Å²) in [6.45, 7) is 5.60. The van der Waals surface area contributed by atoms with Crippen molar-refractivity contribution in [2.75, 3.05) is 23.4 Å². The number of rotatable bonds is 2. The van der Waals surface area contributed by atoms with Gasteiger partial charge in [-0.15, -0.1) is 0 Å². The summed E-state index contributed by atoms with van der Waals surface area (Å²) < 4.78 is 38.4. The molecule has 3 N–H and O–H groups in total. The summed E-state index contributed by atoms with van der Waals surface area (Å²) in [7, 11) is 0. The van der Waals surface area contributed by atoms with E-state index < -0.39 is 11.9 Å². The van der Waals surface area contributed by atoms with E-state index in [9.17, 15) is 13.2 Å². The van der Waals surface area contributed by atoms with Gasteiger partial charge >= 0.3 is 6.18 Å². The topological polar surface area (TPSA) is 67.1 Å². The Morgan fingerprint density at radius 1 is 1.30 bits per heavy atom. The number of halogens is 3. The van der Waals surface area contributed by atoms with Gasteiger partial charge in [0.15, 0.2) is 5.69 Å². The molecule has 0 amide bonds. The highest BCUT2D eigenvalue weighted by Gasteiger charge is 2.34. The molecule has 1 saturated heterocycles. The van der Waals surface area contributed by atoms with Crippen molar-refractivity contribution in [3.8, 4) is 0 Å². The number of alkyl halides is 3. The molecule has 112 valence electrons. The quantitative estimate of drug-likeness (QED) is 0.646. The van der Waals surface area contributed by atoms with Gasteiger partial charge in [-0.3, -0.25) is 5.43 Å². The van der Waals surface area contributed by atoms with Crippen LogP contribution in [-0.2, 0) is 6.18 Å². The summed E-state index contributed by atoms with van der Waals surface area (Å²) in [5, 5.41) is 0. The molecule has 20 heavy (non-hydrogen) atoms. The first kappa shape index (κ1) is 14.8. The molecule has 2 heterocycles. The zero-order chi connectivity index (χ0) is 14.9. The fraction of sp³-hybridized carbons (Fsp3) is 0.667. The zero-order valence-electron chi connectivity index (χ0n) is 11.4. The number of nitrogens with zero attached hydrogens (tertiary/aromatic N) is 3. The van der Waals surface area contributed by atoms with E-state index >= 15 is 0 Å². The van der Waals surface area contributed by atoms with Gasteiger partial charge in [-0.25, -0.2) is 10.8 Å². The summed E-state index contributed by atoms with van der Waals surface area (Å²) in [6, 6.07) is 0.976. The molecule has 1 aromatic heterocycles. The van der Waals surface area contributed by atoms with Crippen LogP contribution in [0.2, 0.25) is 0 Å². The minimum absolute atomic E-state index is 0.221. The van der Waals surface area contributed by atoms with E-state index in [-0.39, 0.29) is 11.8 Å². The Balaban J connectivity index is 2.31. The van der Waals surface area contributed by atoms with E-state index in [4.69, 9.17) is 5.84 Å². The standard InChI is InChI=1S/C12H18F3N5/c1-7-3-4-20(6-8(7)2)10-5-9(12(13,14)15)17-11(18-10)19-16/h5,7-8H,3-4,6,16H2,1-2H3,(H,17,18,19). The number of nitrogen functional groups attached to an aromatic ring is 1. The summed E-state index contributed by atoms with van der Waals surface area (Å²) in [4.78, 5) is 9.23. The maximum absolute atomic E-state index is 12.8. The Morgan fingerprint density at radius 3 is 2.55 bits per heavy atom. The molecule has 1 aliphatic rings. The lowest BCUT2D eigenvalue weighted by Crippen LogP contribution is -2.39. The van der Waals surface area contributed by atoms with Gasteiger partial charge in [-0.2, -0.15) is 18.2 Å². The molecule has 1 aromatic rings. The average molecular weight is 289 g/mol. The first-order valence-corrected chi connectivity index (χ1v) is 6.49. The molecule has 2 rings (SSSR count). The minimum Gasteiger partial charge on any atom is -0.356 e. The number of hydrogen-bond acceptors (Lipinski definition) is 5. The van der Waals surface area contributed by atoms with Crippen LogP contribution in [0.1, 0.15) is 26.0 Å². The normalized spacial score (nSPS) is 23.8. The fourth-order valence-electron chi connectivity index (χ4n) is 2.28. The number of hydrogen-bond donors (Lipinski definition) is 2. The van der Waals surface area contributed by atoms with Crippen molar-refractivity contribution in [3.05, 3.63) is 11.8 Å². The molecule has 8 heteroatoms. The molecule has 0 radical (unpaired) electrons. The van der Waals surface area contributed by atoms with Crippen LogP contribution >= 0.6 is 0 Å². The highest BCUT2D eigenvalue weighted by Crippen LogP contribution is 2.32. The summed E-state index contributed by atoms with van der Waals surface area (Å²) in [5.74, 6) is 6.15. The van der Waals surface area contributed by atoms with Crippen LogP contribution < -0.4 is 16.2 Å². The number of anilines is 2. The van der Waals surface area contributed by atoms with E-state index in [2.05, 4.69) is 29.2 Å². The molecular weight excluding hydrogens is 271 g/mol. The van der Waals surface area contributed by atoms with E-state index in [0.717, 1.165) is 12.5 Å². The first-order chi connectivity index (χ1) is 9.31. The van der Waals surface area contributed by atoms with E-state index in [0.29, 0.717) is 24.9 Å². The lowest BCUT2D eigenvalue weighted by molar-refractivity contribution is -0.141. The third kappa shape index (κ3) is 3.12. The van der Waals surface area contributed by atoms with Gasteiger partial charge < -0.3 is 4.90 Å². The monoisotopic (exact) mass is 289 g/mol. The highest BCUT2D eigenvalue weighted by atomic mass is 19.4. The van der Waals surface area contributed by atoms with Gasteiger partial charge in [0, 0.05) is 19.2 Å². The van der Waals surface area contributed by atoms with Gasteiger partial charge in [0.05, 0.1) is 0 Å². The predicted molar refractivity (Wildman–Crippen MR) is 70.0 cm³/mol. The Labute approximate surface area is 115 Å². The van der Waals surface area contributed by atoms with Gasteiger partial charge in [0.1, 0.15) is 5.82 Å². The van der Waals surface area contributed by atoms with Gasteiger partial charge in [-0.1, -0.05) is 13.8 Å². The smallest absolute Gasteiger partial charge is 0.356 e. The molecule has 0 bridgehead atoms. The second-order valence-electron chi connectivity index (χ2n) is 5.27. The lowest BCUT2D eigenvalue weighted by atomic mass is 9.89. The van der Waals surface area contributed by atoms with Crippen molar-refractivity contribution in [2.45, 2.75) is 26.4 Å². The predicted octanol–water partition coefficient (Wildman–Crippen LogP) is 2.26. The summed E-state index contributed by atoms with van der Waals surface area (Å²) in [5.41, 5.74) is 1.11. The third-order valence-corrected chi connectivity index (χ3v) is 3.79. The summed E-state index contributed by atoms with van der Waals surface area (Å²) >= 11 is 0. The molecule has 2 atom stereocenters. The van der Waals surface area contributed by atoms with Crippen LogP contribution in [0.25, 0.3) is 0 Å². The van der Waals surface area contributed by atoms with Crippen LogP contribution in [0.15, 0.2) is 6.07 Å². The van der Waals surface area contributed by atoms with Crippen molar-refractivity contribution in [3.63, 3.8) is 0 Å². The minimum atomic E-state index is -4.52. The lowest BCUT2D eigenvalue weighted by Gasteiger charge is -2.36. The van der Waals surface area contributed by atoms with Crippen LogP contribution in [0.4, 0.5) is 24.9 Å². The van der Waals surface area contributed by atoms with Gasteiger partial charge in [0.2, 0.25) is 5.95 Å². The SMILES string of the molecule is CC1CCN(c2cc(C(F)(F)F)nc(NN)n2)CC1C. The molecule has 5 nitrogen and oxygen atoms in total. The Hall–Kier alpha value is -1.57. The number of nitrogens with two attached hydrogens (primary N) is 1. The highest BCUT2D eigenvalue weighted by molar-refractivity contribution is 5.45. The van der Waals surface area contributed by atoms with Crippen molar-refractivity contribution in [1.82, 2.24) is 9.97 Å². The maximum Gasteiger partial charge on any atom is 0.433 e. The van der Waals surface area contributed by atoms with E-state index in [1.807, 2.05) is 4.90 Å². The number of nitrogens with one attached hydrogen (secondary N) is 1. The van der Waals surface area contributed by atoms with E-state index in [1.54, 1.807) is 0 Å². The van der Waals surface area contributed by atoms with Crippen LogP contribution in [0, 0.1) is 11.8 Å². The molecule has 0 spiro atoms. The second-order valence-corrected chi connectivity index (χ2v) is 5.27. The fourth-order valence-corrected chi connectivity index (χ4v) is 2.28. The Morgan fingerprint density at radius 2 is 2.00 bits per heavy atom. The molecule has 0 saturated carbocycles. The largest absolute Gasteiger partial charge is 0.433 e. The maximum atomic E-state index is 12.8. The second kappa shape index (κ2) is 5.43. The zero-order valence-corrected chi connectivity index (χ0v) is 11.4. The van der Waals surface area contributed by atoms with Crippen LogP contribution in [0.3, 0.4) is 0 Å². The van der Waals surface area contributed by atoms with Crippen LogP contribution in [0.5, 0.6) is 0 Å². The van der Waals surface area contributed by atoms with Crippen LogP contribution in [-0.4, -0.2) is 23.1 Å². The van der Waals surface area contributed by atoms with E-state index in [1.165, 1.54) is 0 Å². The van der Waals surface area contributed by atoms with Crippen molar-refractivity contribution >= 4 is 11.8 Å². The summed E-state index contributed by atoms with van der Waals surface area (Å²) in [6.07, 6.45) is -3.59. The molecule has 0 aromatic carbocycles. The Bertz CT molecular complexity index is 477. The van der Waals surface area contributed by atoms with Crippen molar-refractivity contribution in [1.29, 1.82) is 0 Å². The average Bonchev–Trinajstić information content (AvgIpc) is 2.40. The molecule has 1 fully saturated rings. The molecule has 2 unspecified atom stereocenters. The molecule has 0 aliphatic carbocycles.